The fraction of sp³-hybridized carbons (Fsp3) is 0.444. The van der Waals surface area contributed by atoms with E-state index in [1.807, 2.05) is 0 Å². The van der Waals surface area contributed by atoms with Crippen molar-refractivity contribution in [1.29, 1.82) is 0 Å². The van der Waals surface area contributed by atoms with Crippen LogP contribution in [0.25, 0.3) is 0 Å². The molecule has 2 heterocycles. The molecule has 0 spiro atoms. The fourth-order valence-electron chi connectivity index (χ4n) is 4.98. The summed E-state index contributed by atoms with van der Waals surface area (Å²) in [5, 5.41) is 5.77. The number of likely N-dealkylation sites (N-methyl/N-ethyl adjacent to an activating group) is 1. The third-order valence-electron chi connectivity index (χ3n) is 7.24. The molecule has 0 radical (unpaired) electrons. The van der Waals surface area contributed by atoms with Gasteiger partial charge in [-0.3, -0.25) is 14.4 Å². The third-order valence-corrected chi connectivity index (χ3v) is 7.24. The lowest BCUT2D eigenvalue weighted by molar-refractivity contribution is -0.135. The number of rotatable bonds is 5. The molecular formula is C27H30FN3O5. The number of benzene rings is 2. The van der Waals surface area contributed by atoms with E-state index in [0.29, 0.717) is 42.3 Å². The number of carbonyl (C=O) groups excluding carboxylic acids is 3. The normalized spacial score (nSPS) is 23.8. The molecule has 1 aliphatic carbocycles. The fourth-order valence-corrected chi connectivity index (χ4v) is 4.98. The molecule has 3 atom stereocenters. The van der Waals surface area contributed by atoms with Crippen molar-refractivity contribution in [2.24, 2.45) is 0 Å². The van der Waals surface area contributed by atoms with Crippen molar-refractivity contribution in [1.82, 2.24) is 10.2 Å². The lowest BCUT2D eigenvalue weighted by atomic mass is 9.92. The molecule has 2 N–H and O–H groups in total. The molecule has 1 saturated carbocycles. The summed E-state index contributed by atoms with van der Waals surface area (Å²) in [5.74, 6) is -0.821. The zero-order valence-electron chi connectivity index (χ0n) is 20.2. The number of hydrogen-bond acceptors (Lipinski definition) is 5. The molecule has 8 nitrogen and oxygen atoms in total. The van der Waals surface area contributed by atoms with Gasteiger partial charge in [-0.2, -0.15) is 0 Å². The van der Waals surface area contributed by atoms with Crippen molar-refractivity contribution in [3.8, 4) is 5.75 Å². The Morgan fingerprint density at radius 1 is 1.11 bits per heavy atom. The highest BCUT2D eigenvalue weighted by Crippen LogP contribution is 2.32. The first-order valence-electron chi connectivity index (χ1n) is 12.4. The third kappa shape index (κ3) is 5.21. The Morgan fingerprint density at radius 2 is 1.94 bits per heavy atom. The van der Waals surface area contributed by atoms with Crippen molar-refractivity contribution >= 4 is 23.4 Å². The summed E-state index contributed by atoms with van der Waals surface area (Å²) in [6.45, 7) is 0.241. The van der Waals surface area contributed by atoms with E-state index in [0.717, 1.165) is 25.3 Å². The number of nitrogens with one attached hydrogen (secondary N) is 2. The van der Waals surface area contributed by atoms with Crippen molar-refractivity contribution in [3.63, 3.8) is 0 Å². The maximum Gasteiger partial charge on any atom is 0.257 e. The largest absolute Gasteiger partial charge is 0.490 e. The van der Waals surface area contributed by atoms with E-state index in [4.69, 9.17) is 9.47 Å². The molecule has 2 aromatic carbocycles. The van der Waals surface area contributed by atoms with Gasteiger partial charge in [0.1, 0.15) is 24.3 Å². The van der Waals surface area contributed by atoms with Gasteiger partial charge in [0.25, 0.3) is 11.8 Å². The molecule has 190 valence electrons. The van der Waals surface area contributed by atoms with Crippen LogP contribution in [0.15, 0.2) is 42.5 Å². The Kier molecular flexibility index (Phi) is 6.91. The van der Waals surface area contributed by atoms with Gasteiger partial charge in [-0.1, -0.05) is 6.07 Å². The van der Waals surface area contributed by atoms with E-state index in [1.165, 1.54) is 18.2 Å². The number of halogens is 1. The van der Waals surface area contributed by atoms with Crippen LogP contribution in [0.3, 0.4) is 0 Å². The predicted molar refractivity (Wildman–Crippen MR) is 130 cm³/mol. The first-order valence-corrected chi connectivity index (χ1v) is 12.4. The molecule has 2 aromatic rings. The summed E-state index contributed by atoms with van der Waals surface area (Å²) in [5.41, 5.74) is 0.914. The van der Waals surface area contributed by atoms with Crippen LogP contribution in [0, 0.1) is 5.82 Å². The van der Waals surface area contributed by atoms with Crippen LogP contribution in [0.2, 0.25) is 0 Å². The molecule has 0 aromatic heterocycles. The van der Waals surface area contributed by atoms with Crippen LogP contribution in [-0.4, -0.2) is 60.6 Å². The molecular weight excluding hydrogens is 465 g/mol. The second kappa shape index (κ2) is 10.3. The Morgan fingerprint density at radius 3 is 2.69 bits per heavy atom. The molecule has 36 heavy (non-hydrogen) atoms. The van der Waals surface area contributed by atoms with Gasteiger partial charge in [0.2, 0.25) is 5.91 Å². The first-order chi connectivity index (χ1) is 17.4. The average molecular weight is 496 g/mol. The van der Waals surface area contributed by atoms with Gasteiger partial charge in [-0.25, -0.2) is 4.39 Å². The SMILES string of the molecule is CN1C(=O)c2cc(NC(=O)c3cccc(F)c3)ccc2OC[C@H]2O[C@H](CC(=O)NC3CCC3)CC[C@@H]21. The maximum absolute atomic E-state index is 13.5. The summed E-state index contributed by atoms with van der Waals surface area (Å²) in [6, 6.07) is 10.3. The molecule has 0 bridgehead atoms. The van der Waals surface area contributed by atoms with Gasteiger partial charge < -0.3 is 25.0 Å². The minimum Gasteiger partial charge on any atom is -0.490 e. The molecule has 2 aliphatic heterocycles. The molecule has 1 saturated heterocycles. The zero-order chi connectivity index (χ0) is 25.2. The number of fused-ring (bicyclic) bond motifs is 2. The van der Waals surface area contributed by atoms with Gasteiger partial charge >= 0.3 is 0 Å². The summed E-state index contributed by atoms with van der Waals surface area (Å²) >= 11 is 0. The molecule has 9 heteroatoms. The van der Waals surface area contributed by atoms with Crippen LogP contribution in [0.5, 0.6) is 5.75 Å². The minimum atomic E-state index is -0.503. The summed E-state index contributed by atoms with van der Waals surface area (Å²) in [4.78, 5) is 39.9. The van der Waals surface area contributed by atoms with Crippen molar-refractivity contribution in [2.45, 2.75) is 62.8 Å². The monoisotopic (exact) mass is 495 g/mol. The van der Waals surface area contributed by atoms with Gasteiger partial charge in [-0.15, -0.1) is 0 Å². The van der Waals surface area contributed by atoms with Crippen molar-refractivity contribution in [2.75, 3.05) is 19.0 Å². The Labute approximate surface area is 209 Å². The van der Waals surface area contributed by atoms with E-state index in [2.05, 4.69) is 10.6 Å². The molecule has 0 unspecified atom stereocenters. The van der Waals surface area contributed by atoms with Gasteiger partial charge in [0, 0.05) is 24.3 Å². The van der Waals surface area contributed by atoms with Crippen LogP contribution in [0.1, 0.15) is 59.2 Å². The molecule has 3 amide bonds. The number of hydrogen-bond donors (Lipinski definition) is 2. The first kappa shape index (κ1) is 24.2. The molecule has 3 aliphatic rings. The maximum atomic E-state index is 13.5. The highest BCUT2D eigenvalue weighted by atomic mass is 19.1. The van der Waals surface area contributed by atoms with E-state index in [1.54, 1.807) is 30.1 Å². The van der Waals surface area contributed by atoms with Crippen LogP contribution >= 0.6 is 0 Å². The molecule has 5 rings (SSSR count). The van der Waals surface area contributed by atoms with Crippen molar-refractivity contribution in [3.05, 3.63) is 59.4 Å². The summed E-state index contributed by atoms with van der Waals surface area (Å²) in [6.07, 6.45) is 4.36. The number of carbonyl (C=O) groups is 3. The average Bonchev–Trinajstić information content (AvgIpc) is 2.84. The highest BCUT2D eigenvalue weighted by Gasteiger charge is 2.39. The number of ether oxygens (including phenoxy) is 2. The van der Waals surface area contributed by atoms with E-state index in [-0.39, 0.29) is 42.2 Å². The van der Waals surface area contributed by atoms with E-state index < -0.39 is 11.7 Å². The standard InChI is InChI=1S/C27H30FN3O5/c1-31-22-10-9-20(14-25(32)29-18-6-3-7-18)36-24(22)15-35-23-11-8-19(13-21(23)27(31)34)30-26(33)16-4-2-5-17(28)12-16/h2,4-5,8,11-13,18,20,22,24H,3,6-7,9-10,14-15H2,1H3,(H,29,32)(H,30,33)/t20-,22-,24+/m0/s1. The highest BCUT2D eigenvalue weighted by molar-refractivity contribution is 6.05. The van der Waals surface area contributed by atoms with E-state index >= 15 is 0 Å². The zero-order valence-corrected chi connectivity index (χ0v) is 20.2. The van der Waals surface area contributed by atoms with Crippen LogP contribution in [0.4, 0.5) is 10.1 Å². The van der Waals surface area contributed by atoms with Crippen molar-refractivity contribution < 1.29 is 28.2 Å². The Hall–Kier alpha value is -3.46. The predicted octanol–water partition coefficient (Wildman–Crippen LogP) is 3.52. The lowest BCUT2D eigenvalue weighted by Crippen LogP contribution is -2.54. The summed E-state index contributed by atoms with van der Waals surface area (Å²) < 4.78 is 25.7. The Balaban J connectivity index is 1.26. The van der Waals surface area contributed by atoms with Gasteiger partial charge in [0.05, 0.1) is 24.1 Å². The minimum absolute atomic E-state index is 0.0116. The van der Waals surface area contributed by atoms with Gasteiger partial charge in [0.15, 0.2) is 0 Å². The summed E-state index contributed by atoms with van der Waals surface area (Å²) in [7, 11) is 1.74. The second-order valence-electron chi connectivity index (χ2n) is 9.74. The van der Waals surface area contributed by atoms with E-state index in [9.17, 15) is 18.8 Å². The number of nitrogens with zero attached hydrogens (tertiary/aromatic N) is 1. The quantitative estimate of drug-likeness (QED) is 0.662. The number of amides is 3. The number of anilines is 1. The van der Waals surface area contributed by atoms with Gasteiger partial charge in [-0.05, 0) is 68.5 Å². The van der Waals surface area contributed by atoms with Crippen LogP contribution < -0.4 is 15.4 Å². The Bertz CT molecular complexity index is 1170. The smallest absolute Gasteiger partial charge is 0.257 e. The molecule has 2 fully saturated rings. The topological polar surface area (TPSA) is 97.0 Å². The lowest BCUT2D eigenvalue weighted by Gasteiger charge is -2.42. The van der Waals surface area contributed by atoms with Crippen LogP contribution in [-0.2, 0) is 9.53 Å². The second-order valence-corrected chi connectivity index (χ2v) is 9.74.